The van der Waals surface area contributed by atoms with Gasteiger partial charge in [-0.3, -0.25) is 15.0 Å². The molecule has 1 aliphatic rings. The van der Waals surface area contributed by atoms with E-state index in [0.717, 1.165) is 24.0 Å². The average Bonchev–Trinajstić information content (AvgIpc) is 2.87. The first-order valence-electron chi connectivity index (χ1n) is 12.4. The van der Waals surface area contributed by atoms with Gasteiger partial charge in [-0.15, -0.1) is 0 Å². The number of nitrogens with one attached hydrogen (secondary N) is 2. The van der Waals surface area contributed by atoms with Gasteiger partial charge in [-0.25, -0.2) is 5.01 Å². The first kappa shape index (κ1) is 24.9. The Morgan fingerprint density at radius 3 is 2.40 bits per heavy atom. The van der Waals surface area contributed by atoms with E-state index in [2.05, 4.69) is 53.2 Å². The number of fused-ring (bicyclic) bond motifs is 1. The minimum atomic E-state index is -0.666. The van der Waals surface area contributed by atoms with Gasteiger partial charge in [0.2, 0.25) is 11.8 Å². The molecule has 3 aromatic carbocycles. The fraction of sp³-hybridized carbons (Fsp3) is 0.379. The summed E-state index contributed by atoms with van der Waals surface area (Å²) >= 11 is 0. The first-order valence-corrected chi connectivity index (χ1v) is 12.4. The van der Waals surface area contributed by atoms with Crippen molar-refractivity contribution in [3.8, 4) is 0 Å². The normalized spacial score (nSPS) is 19.0. The zero-order chi connectivity index (χ0) is 24.8. The zero-order valence-electron chi connectivity index (χ0n) is 21.0. The molecular formula is C29H36N4O2. The van der Waals surface area contributed by atoms with Gasteiger partial charge < -0.3 is 10.2 Å². The molecule has 2 amide bonds. The van der Waals surface area contributed by atoms with Crippen molar-refractivity contribution < 1.29 is 9.59 Å². The van der Waals surface area contributed by atoms with Crippen LogP contribution in [0.15, 0.2) is 72.8 Å². The van der Waals surface area contributed by atoms with E-state index in [1.54, 1.807) is 5.01 Å². The molecule has 2 atom stereocenters. The third-order valence-electron chi connectivity index (χ3n) is 6.98. The molecule has 35 heavy (non-hydrogen) atoms. The quantitative estimate of drug-likeness (QED) is 0.493. The van der Waals surface area contributed by atoms with Crippen molar-refractivity contribution in [1.29, 1.82) is 0 Å². The smallest absolute Gasteiger partial charge is 0.242 e. The predicted octanol–water partition coefficient (Wildman–Crippen LogP) is 3.41. The highest BCUT2D eigenvalue weighted by Crippen LogP contribution is 2.35. The molecule has 184 valence electrons. The van der Waals surface area contributed by atoms with Crippen molar-refractivity contribution in [3.63, 3.8) is 0 Å². The summed E-state index contributed by atoms with van der Waals surface area (Å²) in [4.78, 5) is 29.0. The van der Waals surface area contributed by atoms with Gasteiger partial charge in [0.25, 0.3) is 0 Å². The van der Waals surface area contributed by atoms with E-state index in [4.69, 9.17) is 0 Å². The molecule has 0 radical (unpaired) electrons. The van der Waals surface area contributed by atoms with E-state index in [-0.39, 0.29) is 17.9 Å². The molecule has 1 unspecified atom stereocenters. The summed E-state index contributed by atoms with van der Waals surface area (Å²) < 4.78 is 0. The van der Waals surface area contributed by atoms with Crippen LogP contribution in [0.3, 0.4) is 0 Å². The Labute approximate surface area is 208 Å². The van der Waals surface area contributed by atoms with E-state index >= 15 is 0 Å². The molecule has 0 spiro atoms. The molecule has 0 bridgehead atoms. The van der Waals surface area contributed by atoms with E-state index < -0.39 is 5.41 Å². The Bertz CT molecular complexity index is 1160. The fourth-order valence-electron chi connectivity index (χ4n) is 5.17. The second kappa shape index (κ2) is 11.0. The number of carbonyl (C=O) groups excluding carboxylic acids is 2. The summed E-state index contributed by atoms with van der Waals surface area (Å²) in [5, 5.41) is 7.29. The van der Waals surface area contributed by atoms with Crippen LogP contribution in [-0.2, 0) is 22.4 Å². The van der Waals surface area contributed by atoms with Crippen molar-refractivity contribution >= 4 is 22.6 Å². The van der Waals surface area contributed by atoms with Crippen LogP contribution in [0.25, 0.3) is 10.8 Å². The van der Waals surface area contributed by atoms with E-state index in [1.165, 1.54) is 10.8 Å². The molecule has 2 N–H and O–H groups in total. The predicted molar refractivity (Wildman–Crippen MR) is 141 cm³/mol. The molecule has 4 rings (SSSR count). The number of hydrazine groups is 1. The third kappa shape index (κ3) is 5.89. The van der Waals surface area contributed by atoms with Crippen molar-refractivity contribution in [2.45, 2.75) is 31.7 Å². The molecule has 6 nitrogen and oxygen atoms in total. The summed E-state index contributed by atoms with van der Waals surface area (Å²) in [7, 11) is 5.48. The lowest BCUT2D eigenvalue weighted by Crippen LogP contribution is -2.58. The molecule has 3 aromatic rings. The highest BCUT2D eigenvalue weighted by atomic mass is 16.2. The average molecular weight is 473 g/mol. The molecule has 1 fully saturated rings. The number of hydrogen-bond acceptors (Lipinski definition) is 4. The minimum absolute atomic E-state index is 0.0283. The summed E-state index contributed by atoms with van der Waals surface area (Å²) in [5.74, 6) is 0.0230. The van der Waals surface area contributed by atoms with Gasteiger partial charge in [-0.1, -0.05) is 72.8 Å². The summed E-state index contributed by atoms with van der Waals surface area (Å²) in [6, 6.07) is 24.4. The second-order valence-corrected chi connectivity index (χ2v) is 9.87. The lowest BCUT2D eigenvalue weighted by atomic mass is 9.74. The number of likely N-dealkylation sites (tertiary alicyclic amines) is 1. The van der Waals surface area contributed by atoms with Crippen molar-refractivity contribution in [3.05, 3.63) is 83.9 Å². The molecule has 0 saturated carbocycles. The summed E-state index contributed by atoms with van der Waals surface area (Å²) in [5.41, 5.74) is 4.54. The van der Waals surface area contributed by atoms with Gasteiger partial charge in [0.05, 0.1) is 11.5 Å². The molecule has 1 aliphatic heterocycles. The Morgan fingerprint density at radius 1 is 0.971 bits per heavy atom. The highest BCUT2D eigenvalue weighted by molar-refractivity contribution is 5.87. The standard InChI is InChI=1S/C29H36N4O2/c1-30-26(19-23-14-15-24-12-7-8-13-25(24)18-23)27(34)33-17-9-16-29(21-33,28(35)31-32(2)3)20-22-10-5-4-6-11-22/h4-8,10-15,18,26,30H,9,16-17,19-21H2,1-3H3,(H,31,35)/t26-,29?/m1/s1. The topological polar surface area (TPSA) is 64.7 Å². The molecule has 6 heteroatoms. The maximum atomic E-state index is 13.7. The van der Waals surface area contributed by atoms with Crippen molar-refractivity contribution in [1.82, 2.24) is 20.7 Å². The second-order valence-electron chi connectivity index (χ2n) is 9.87. The van der Waals surface area contributed by atoms with Gasteiger partial charge in [-0.2, -0.15) is 0 Å². The number of carbonyl (C=O) groups is 2. The Morgan fingerprint density at radius 2 is 1.69 bits per heavy atom. The SMILES string of the molecule is CN[C@H](Cc1ccc2ccccc2c1)C(=O)N1CCCC(Cc2ccccc2)(C(=O)NN(C)C)C1. The zero-order valence-corrected chi connectivity index (χ0v) is 21.0. The van der Waals surface area contributed by atoms with Gasteiger partial charge in [0.15, 0.2) is 0 Å². The Hall–Kier alpha value is -3.22. The van der Waals surface area contributed by atoms with Crippen molar-refractivity contribution in [2.24, 2.45) is 5.41 Å². The molecule has 1 heterocycles. The molecule has 0 aromatic heterocycles. The van der Waals surface area contributed by atoms with Crippen LogP contribution >= 0.6 is 0 Å². The Kier molecular flexibility index (Phi) is 7.83. The van der Waals surface area contributed by atoms with Gasteiger partial charge >= 0.3 is 0 Å². The van der Waals surface area contributed by atoms with Crippen molar-refractivity contribution in [2.75, 3.05) is 34.2 Å². The lowest BCUT2D eigenvalue weighted by Gasteiger charge is -2.43. The van der Waals surface area contributed by atoms with E-state index in [9.17, 15) is 9.59 Å². The number of likely N-dealkylation sites (N-methyl/N-ethyl adjacent to an activating group) is 1. The van der Waals surface area contributed by atoms with Crippen LogP contribution in [0.1, 0.15) is 24.0 Å². The first-order chi connectivity index (χ1) is 16.9. The number of benzene rings is 3. The van der Waals surface area contributed by atoms with Gasteiger partial charge in [0, 0.05) is 27.2 Å². The largest absolute Gasteiger partial charge is 0.340 e. The highest BCUT2D eigenvalue weighted by Gasteiger charge is 2.44. The molecular weight excluding hydrogens is 436 g/mol. The van der Waals surface area contributed by atoms with Crippen LogP contribution in [0, 0.1) is 5.41 Å². The number of amides is 2. The lowest BCUT2D eigenvalue weighted by molar-refractivity contribution is -0.145. The number of rotatable bonds is 8. The number of piperidine rings is 1. The van der Waals surface area contributed by atoms with Crippen LogP contribution in [0.5, 0.6) is 0 Å². The Balaban J connectivity index is 1.54. The van der Waals surface area contributed by atoms with Crippen LogP contribution in [0.4, 0.5) is 0 Å². The van der Waals surface area contributed by atoms with E-state index in [0.29, 0.717) is 25.9 Å². The van der Waals surface area contributed by atoms with Gasteiger partial charge in [-0.05, 0) is 54.6 Å². The molecule has 0 aliphatic carbocycles. The van der Waals surface area contributed by atoms with Crippen LogP contribution in [0.2, 0.25) is 0 Å². The molecule has 1 saturated heterocycles. The van der Waals surface area contributed by atoms with Crippen LogP contribution in [-0.4, -0.2) is 62.0 Å². The minimum Gasteiger partial charge on any atom is -0.340 e. The monoisotopic (exact) mass is 472 g/mol. The fourth-order valence-corrected chi connectivity index (χ4v) is 5.17. The number of hydrogen-bond donors (Lipinski definition) is 2. The number of nitrogens with zero attached hydrogens (tertiary/aromatic N) is 2. The summed E-state index contributed by atoms with van der Waals surface area (Å²) in [6.07, 6.45) is 2.75. The van der Waals surface area contributed by atoms with E-state index in [1.807, 2.05) is 56.4 Å². The van der Waals surface area contributed by atoms with Gasteiger partial charge in [0.1, 0.15) is 0 Å². The maximum Gasteiger partial charge on any atom is 0.242 e. The third-order valence-corrected chi connectivity index (χ3v) is 6.98. The van der Waals surface area contributed by atoms with Crippen LogP contribution < -0.4 is 10.7 Å². The maximum absolute atomic E-state index is 13.7. The summed E-state index contributed by atoms with van der Waals surface area (Å²) in [6.45, 7) is 1.08.